The monoisotopic (exact) mass is 547 g/mol. The summed E-state index contributed by atoms with van der Waals surface area (Å²) in [5.41, 5.74) is 0.122. The van der Waals surface area contributed by atoms with Crippen molar-refractivity contribution in [2.24, 2.45) is 11.3 Å². The van der Waals surface area contributed by atoms with Crippen LogP contribution in [0.25, 0.3) is 0 Å². The second-order valence-electron chi connectivity index (χ2n) is 11.5. The number of carbonyl (C=O) groups is 5. The van der Waals surface area contributed by atoms with Crippen LogP contribution in [0.1, 0.15) is 87.5 Å². The molecule has 0 unspecified atom stereocenters. The molecule has 1 aromatic heterocycles. The van der Waals surface area contributed by atoms with Gasteiger partial charge in [-0.15, -0.1) is 11.3 Å². The van der Waals surface area contributed by atoms with Crippen molar-refractivity contribution in [2.45, 2.75) is 91.2 Å². The first kappa shape index (κ1) is 28.1. The number of esters is 2. The summed E-state index contributed by atoms with van der Waals surface area (Å²) >= 11 is 1.34. The number of amides is 4. The van der Waals surface area contributed by atoms with Crippen LogP contribution >= 0.6 is 11.3 Å². The highest BCUT2D eigenvalue weighted by atomic mass is 32.1. The number of urea groups is 1. The molecule has 38 heavy (non-hydrogen) atoms. The van der Waals surface area contributed by atoms with Crippen molar-refractivity contribution >= 4 is 46.1 Å². The van der Waals surface area contributed by atoms with Gasteiger partial charge in [0.1, 0.15) is 17.1 Å². The fourth-order valence-corrected chi connectivity index (χ4v) is 7.63. The molecule has 11 heteroatoms. The van der Waals surface area contributed by atoms with Crippen LogP contribution in [0.3, 0.4) is 0 Å². The summed E-state index contributed by atoms with van der Waals surface area (Å²) in [7, 11) is 0. The second kappa shape index (κ2) is 10.7. The van der Waals surface area contributed by atoms with E-state index in [4.69, 9.17) is 9.47 Å². The molecular formula is C27H37N3O7S. The van der Waals surface area contributed by atoms with Gasteiger partial charge in [0.05, 0.1) is 12.2 Å². The Labute approximate surface area is 226 Å². The SMILES string of the molecule is CCOC(=O)c1c(NC(=O)[C@H](C)OC(=O)CN2C(=O)N[C@@]3(C[C@H](C)CC(C)(C)C3)C2=O)sc2c1CCCC2. The molecule has 2 heterocycles. The highest BCUT2D eigenvalue weighted by Crippen LogP contribution is 2.46. The van der Waals surface area contributed by atoms with E-state index in [-0.39, 0.29) is 17.9 Å². The van der Waals surface area contributed by atoms with Gasteiger partial charge in [0, 0.05) is 4.88 Å². The molecule has 10 nitrogen and oxygen atoms in total. The molecule has 208 valence electrons. The van der Waals surface area contributed by atoms with Gasteiger partial charge in [-0.3, -0.25) is 19.3 Å². The zero-order valence-electron chi connectivity index (χ0n) is 22.7. The summed E-state index contributed by atoms with van der Waals surface area (Å²) in [6, 6.07) is -0.628. The van der Waals surface area contributed by atoms with Crippen molar-refractivity contribution in [2.75, 3.05) is 18.5 Å². The molecule has 1 aliphatic heterocycles. The molecule has 3 aliphatic rings. The molecule has 2 N–H and O–H groups in total. The van der Waals surface area contributed by atoms with Crippen LogP contribution in [0, 0.1) is 11.3 Å². The Morgan fingerprint density at radius 3 is 2.58 bits per heavy atom. The van der Waals surface area contributed by atoms with Crippen molar-refractivity contribution in [1.82, 2.24) is 10.2 Å². The molecule has 2 fully saturated rings. The molecule has 0 bridgehead atoms. The van der Waals surface area contributed by atoms with Crippen LogP contribution in [-0.4, -0.2) is 59.5 Å². The van der Waals surface area contributed by atoms with Gasteiger partial charge in [-0.1, -0.05) is 20.8 Å². The van der Waals surface area contributed by atoms with Crippen LogP contribution < -0.4 is 10.6 Å². The van der Waals surface area contributed by atoms with Gasteiger partial charge in [-0.25, -0.2) is 9.59 Å². The lowest BCUT2D eigenvalue weighted by atomic mass is 9.64. The van der Waals surface area contributed by atoms with Gasteiger partial charge in [0.15, 0.2) is 6.10 Å². The van der Waals surface area contributed by atoms with Crippen LogP contribution in [0.5, 0.6) is 0 Å². The number of rotatable bonds is 7. The van der Waals surface area contributed by atoms with E-state index in [9.17, 15) is 24.0 Å². The molecule has 4 rings (SSSR count). The number of hydrogen-bond acceptors (Lipinski definition) is 8. The number of hydrogen-bond donors (Lipinski definition) is 2. The molecule has 0 radical (unpaired) electrons. The Morgan fingerprint density at radius 2 is 1.89 bits per heavy atom. The Balaban J connectivity index is 1.40. The number of nitrogens with one attached hydrogen (secondary N) is 2. The second-order valence-corrected chi connectivity index (χ2v) is 12.6. The first-order valence-corrected chi connectivity index (χ1v) is 14.1. The fraction of sp³-hybridized carbons (Fsp3) is 0.667. The summed E-state index contributed by atoms with van der Waals surface area (Å²) in [6.45, 7) is 8.95. The molecule has 4 amide bonds. The number of fused-ring (bicyclic) bond motifs is 1. The zero-order chi connectivity index (χ0) is 27.8. The number of carbonyl (C=O) groups excluding carboxylic acids is 5. The number of thiophene rings is 1. The Morgan fingerprint density at radius 1 is 1.18 bits per heavy atom. The quantitative estimate of drug-likeness (QED) is 0.392. The maximum absolute atomic E-state index is 13.3. The maximum atomic E-state index is 13.3. The molecule has 3 atom stereocenters. The lowest BCUT2D eigenvalue weighted by Gasteiger charge is -2.43. The van der Waals surface area contributed by atoms with Crippen LogP contribution in [0.4, 0.5) is 9.80 Å². The normalized spacial score (nSPS) is 25.0. The van der Waals surface area contributed by atoms with Crippen molar-refractivity contribution in [3.05, 3.63) is 16.0 Å². The summed E-state index contributed by atoms with van der Waals surface area (Å²) in [4.78, 5) is 66.2. The van der Waals surface area contributed by atoms with Crippen molar-refractivity contribution in [1.29, 1.82) is 0 Å². The van der Waals surface area contributed by atoms with E-state index in [1.54, 1.807) is 6.92 Å². The minimum atomic E-state index is -1.21. The molecule has 0 aromatic carbocycles. The maximum Gasteiger partial charge on any atom is 0.341 e. The van der Waals surface area contributed by atoms with Gasteiger partial charge in [-0.05, 0) is 75.7 Å². The third kappa shape index (κ3) is 5.57. The van der Waals surface area contributed by atoms with E-state index < -0.39 is 48.0 Å². The van der Waals surface area contributed by atoms with Crippen molar-refractivity contribution in [3.63, 3.8) is 0 Å². The fourth-order valence-electron chi connectivity index (χ4n) is 6.35. The third-order valence-corrected chi connectivity index (χ3v) is 8.68. The summed E-state index contributed by atoms with van der Waals surface area (Å²) in [6.07, 6.45) is 4.28. The largest absolute Gasteiger partial charge is 0.462 e. The summed E-state index contributed by atoms with van der Waals surface area (Å²) in [5, 5.41) is 5.94. The van der Waals surface area contributed by atoms with E-state index in [1.165, 1.54) is 18.3 Å². The van der Waals surface area contributed by atoms with E-state index in [1.807, 2.05) is 0 Å². The van der Waals surface area contributed by atoms with Gasteiger partial charge in [0.2, 0.25) is 0 Å². The predicted molar refractivity (Wildman–Crippen MR) is 141 cm³/mol. The van der Waals surface area contributed by atoms with E-state index in [0.29, 0.717) is 23.4 Å². The highest BCUT2D eigenvalue weighted by Gasteiger charge is 2.56. The first-order chi connectivity index (χ1) is 17.9. The van der Waals surface area contributed by atoms with Gasteiger partial charge in [-0.2, -0.15) is 0 Å². The van der Waals surface area contributed by atoms with Gasteiger partial charge < -0.3 is 20.1 Å². The lowest BCUT2D eigenvalue weighted by Crippen LogP contribution is -2.54. The smallest absolute Gasteiger partial charge is 0.341 e. The Hall–Kier alpha value is -2.95. The minimum Gasteiger partial charge on any atom is -0.462 e. The van der Waals surface area contributed by atoms with E-state index in [0.717, 1.165) is 47.4 Å². The minimum absolute atomic E-state index is 0.132. The number of anilines is 1. The van der Waals surface area contributed by atoms with Crippen LogP contribution in [-0.2, 0) is 36.7 Å². The molecule has 1 aromatic rings. The third-order valence-electron chi connectivity index (χ3n) is 7.48. The number of imide groups is 1. The van der Waals surface area contributed by atoms with Crippen molar-refractivity contribution in [3.8, 4) is 0 Å². The average molecular weight is 548 g/mol. The molecule has 1 spiro atoms. The zero-order valence-corrected chi connectivity index (χ0v) is 23.5. The molecular weight excluding hydrogens is 510 g/mol. The number of aryl methyl sites for hydroxylation is 1. The Bertz CT molecular complexity index is 1160. The summed E-state index contributed by atoms with van der Waals surface area (Å²) in [5.74, 6) is -2.16. The molecule has 2 aliphatic carbocycles. The van der Waals surface area contributed by atoms with Gasteiger partial charge >= 0.3 is 18.0 Å². The molecule has 1 saturated carbocycles. The molecule has 1 saturated heterocycles. The lowest BCUT2D eigenvalue weighted by molar-refractivity contribution is -0.155. The first-order valence-electron chi connectivity index (χ1n) is 13.3. The van der Waals surface area contributed by atoms with Crippen LogP contribution in [0.2, 0.25) is 0 Å². The topological polar surface area (TPSA) is 131 Å². The highest BCUT2D eigenvalue weighted by molar-refractivity contribution is 7.17. The van der Waals surface area contributed by atoms with Crippen LogP contribution in [0.15, 0.2) is 0 Å². The number of ether oxygens (including phenoxy) is 2. The standard InChI is InChI=1S/C27H37N3O7S/c1-6-36-23(33)20-17-9-7-8-10-18(17)38-22(20)28-21(32)16(3)37-19(31)13-30-24(34)27(29-25(30)35)12-15(2)11-26(4,5)14-27/h15-16H,6-14H2,1-5H3,(H,28,32)(H,29,35)/t15-,16+,27-/m1/s1. The average Bonchev–Trinajstić information content (AvgIpc) is 3.27. The predicted octanol–water partition coefficient (Wildman–Crippen LogP) is 3.81. The summed E-state index contributed by atoms with van der Waals surface area (Å²) < 4.78 is 10.5. The van der Waals surface area contributed by atoms with Crippen molar-refractivity contribution < 1.29 is 33.4 Å². The van der Waals surface area contributed by atoms with Gasteiger partial charge in [0.25, 0.3) is 11.8 Å². The Kier molecular flexibility index (Phi) is 7.88. The number of nitrogens with zero attached hydrogens (tertiary/aromatic N) is 1. The van der Waals surface area contributed by atoms with E-state index in [2.05, 4.69) is 31.4 Å². The van der Waals surface area contributed by atoms with E-state index >= 15 is 0 Å².